The average molecular weight is 308 g/mol. The monoisotopic (exact) mass is 308 g/mol. The molecule has 1 fully saturated rings. The highest BCUT2D eigenvalue weighted by Crippen LogP contribution is 2.38. The molecule has 0 atom stereocenters. The molecule has 1 aromatic rings. The van der Waals surface area contributed by atoms with Crippen LogP contribution in [0.2, 0.25) is 0 Å². The van der Waals surface area contributed by atoms with Gasteiger partial charge in [0, 0.05) is 36.7 Å². The summed E-state index contributed by atoms with van der Waals surface area (Å²) < 4.78 is 37.5. The van der Waals surface area contributed by atoms with Crippen LogP contribution < -0.4 is 0 Å². The number of hydrogen-bond donors (Lipinski definition) is 1. The van der Waals surface area contributed by atoms with Crippen LogP contribution >= 0.6 is 11.3 Å². The fourth-order valence-corrected chi connectivity index (χ4v) is 3.35. The average Bonchev–Trinajstić information content (AvgIpc) is 2.69. The molecule has 20 heavy (non-hydrogen) atoms. The molecule has 1 heterocycles. The highest BCUT2D eigenvalue weighted by molar-refractivity contribution is 7.11. The van der Waals surface area contributed by atoms with Crippen LogP contribution in [-0.2, 0) is 6.54 Å². The van der Waals surface area contributed by atoms with Gasteiger partial charge in [0.15, 0.2) is 0 Å². The fraction of sp³-hybridized carbons (Fsp3) is 0.769. The second-order valence-corrected chi connectivity index (χ2v) is 6.34. The van der Waals surface area contributed by atoms with E-state index < -0.39 is 12.7 Å². The summed E-state index contributed by atoms with van der Waals surface area (Å²) in [6, 6.07) is 0. The largest absolute Gasteiger partial charge is 0.401 e. The van der Waals surface area contributed by atoms with E-state index in [9.17, 15) is 13.2 Å². The van der Waals surface area contributed by atoms with E-state index in [0.717, 1.165) is 22.7 Å². The molecule has 3 nitrogen and oxygen atoms in total. The lowest BCUT2D eigenvalue weighted by molar-refractivity contribution is -0.147. The number of nitrogens with zero attached hydrogens (tertiary/aromatic N) is 2. The number of rotatable bonds is 7. The third-order valence-electron chi connectivity index (χ3n) is 3.44. The Kier molecular flexibility index (Phi) is 5.40. The van der Waals surface area contributed by atoms with Crippen molar-refractivity contribution in [2.45, 2.75) is 44.3 Å². The minimum atomic E-state index is -4.21. The molecule has 0 aromatic carbocycles. The van der Waals surface area contributed by atoms with Gasteiger partial charge >= 0.3 is 6.18 Å². The van der Waals surface area contributed by atoms with Gasteiger partial charge in [0.2, 0.25) is 0 Å². The zero-order valence-electron chi connectivity index (χ0n) is 11.2. The summed E-state index contributed by atoms with van der Waals surface area (Å²) in [5.41, 5.74) is 0. The van der Waals surface area contributed by atoms with Gasteiger partial charge in [-0.05, 0) is 19.3 Å². The Morgan fingerprint density at radius 2 is 2.15 bits per heavy atom. The van der Waals surface area contributed by atoms with Crippen LogP contribution in [0.4, 0.5) is 13.2 Å². The summed E-state index contributed by atoms with van der Waals surface area (Å²) in [7, 11) is 0. The van der Waals surface area contributed by atoms with E-state index in [-0.39, 0.29) is 19.7 Å². The van der Waals surface area contributed by atoms with Crippen molar-refractivity contribution in [3.05, 3.63) is 16.1 Å². The van der Waals surface area contributed by atoms with Crippen LogP contribution in [0.3, 0.4) is 0 Å². The Labute approximate surface area is 120 Å². The van der Waals surface area contributed by atoms with Crippen molar-refractivity contribution in [3.63, 3.8) is 0 Å². The molecule has 0 saturated heterocycles. The van der Waals surface area contributed by atoms with Crippen molar-refractivity contribution in [1.29, 1.82) is 0 Å². The van der Waals surface area contributed by atoms with Gasteiger partial charge in [-0.2, -0.15) is 13.2 Å². The summed E-state index contributed by atoms with van der Waals surface area (Å²) in [6.45, 7) is -0.537. The van der Waals surface area contributed by atoms with E-state index in [4.69, 9.17) is 5.11 Å². The van der Waals surface area contributed by atoms with E-state index in [1.54, 1.807) is 6.20 Å². The van der Waals surface area contributed by atoms with E-state index in [0.29, 0.717) is 12.3 Å². The molecule has 0 radical (unpaired) electrons. The Bertz CT molecular complexity index is 418. The van der Waals surface area contributed by atoms with Crippen molar-refractivity contribution >= 4 is 11.3 Å². The van der Waals surface area contributed by atoms with E-state index in [1.165, 1.54) is 22.7 Å². The predicted molar refractivity (Wildman–Crippen MR) is 71.7 cm³/mol. The molecule has 1 N–H and O–H groups in total. The lowest BCUT2D eigenvalue weighted by atomic mass is 9.86. The summed E-state index contributed by atoms with van der Waals surface area (Å²) in [5.74, 6) is 0.516. The minimum Gasteiger partial charge on any atom is -0.396 e. The quantitative estimate of drug-likeness (QED) is 0.840. The van der Waals surface area contributed by atoms with Crippen molar-refractivity contribution in [1.82, 2.24) is 9.88 Å². The number of hydrogen-bond acceptors (Lipinski definition) is 4. The Morgan fingerprint density at radius 3 is 2.70 bits per heavy atom. The summed E-state index contributed by atoms with van der Waals surface area (Å²) in [6.07, 6.45) is 1.34. The standard InChI is InChI=1S/C13H19F3N2OS/c14-13(15,16)9-18(5-2-6-19)8-11-7-17-12(20-11)10-3-1-4-10/h7,10,19H,1-6,8-9H2. The number of aliphatic hydroxyl groups excluding tert-OH is 1. The number of aromatic nitrogens is 1. The maximum atomic E-state index is 12.5. The molecule has 1 aliphatic carbocycles. The second-order valence-electron chi connectivity index (χ2n) is 5.20. The van der Waals surface area contributed by atoms with Gasteiger partial charge in [0.1, 0.15) is 0 Å². The number of aliphatic hydroxyl groups is 1. The van der Waals surface area contributed by atoms with Crippen LogP contribution in [0.25, 0.3) is 0 Å². The first-order valence-electron chi connectivity index (χ1n) is 6.82. The van der Waals surface area contributed by atoms with Crippen molar-refractivity contribution in [2.75, 3.05) is 19.7 Å². The third kappa shape index (κ3) is 4.71. The molecule has 0 aliphatic heterocycles. The van der Waals surface area contributed by atoms with Crippen LogP contribution in [0, 0.1) is 0 Å². The molecule has 7 heteroatoms. The summed E-state index contributed by atoms with van der Waals surface area (Å²) in [5, 5.41) is 9.83. The molecule has 0 amide bonds. The van der Waals surface area contributed by atoms with Crippen LogP contribution in [0.1, 0.15) is 41.5 Å². The normalized spacial score (nSPS) is 16.6. The zero-order valence-corrected chi connectivity index (χ0v) is 12.0. The fourth-order valence-electron chi connectivity index (χ4n) is 2.22. The van der Waals surface area contributed by atoms with Gasteiger partial charge in [-0.1, -0.05) is 6.42 Å². The van der Waals surface area contributed by atoms with E-state index in [1.807, 2.05) is 0 Å². The van der Waals surface area contributed by atoms with Crippen molar-refractivity contribution < 1.29 is 18.3 Å². The lowest BCUT2D eigenvalue weighted by Crippen LogP contribution is -2.34. The van der Waals surface area contributed by atoms with Gasteiger partial charge in [0.05, 0.1) is 11.6 Å². The third-order valence-corrected chi connectivity index (χ3v) is 4.59. The Balaban J connectivity index is 1.93. The smallest absolute Gasteiger partial charge is 0.396 e. The molecular weight excluding hydrogens is 289 g/mol. The van der Waals surface area contributed by atoms with Crippen LogP contribution in [0.15, 0.2) is 6.20 Å². The predicted octanol–water partition coefficient (Wildman–Crippen LogP) is 3.16. The van der Waals surface area contributed by atoms with E-state index >= 15 is 0 Å². The number of alkyl halides is 3. The van der Waals surface area contributed by atoms with Crippen LogP contribution in [0.5, 0.6) is 0 Å². The van der Waals surface area contributed by atoms with Crippen LogP contribution in [-0.4, -0.2) is 40.9 Å². The molecule has 1 saturated carbocycles. The van der Waals surface area contributed by atoms with Gasteiger partial charge in [-0.15, -0.1) is 11.3 Å². The lowest BCUT2D eigenvalue weighted by Gasteiger charge is -2.23. The molecule has 114 valence electrons. The molecule has 1 aliphatic rings. The first-order valence-corrected chi connectivity index (χ1v) is 7.64. The molecule has 0 bridgehead atoms. The maximum absolute atomic E-state index is 12.5. The van der Waals surface area contributed by atoms with Crippen molar-refractivity contribution in [2.24, 2.45) is 0 Å². The zero-order chi connectivity index (χ0) is 14.6. The Hall–Kier alpha value is -0.660. The minimum absolute atomic E-state index is 0.0929. The van der Waals surface area contributed by atoms with E-state index in [2.05, 4.69) is 4.98 Å². The number of halogens is 3. The van der Waals surface area contributed by atoms with Gasteiger partial charge < -0.3 is 5.11 Å². The Morgan fingerprint density at radius 1 is 1.40 bits per heavy atom. The topological polar surface area (TPSA) is 36.4 Å². The maximum Gasteiger partial charge on any atom is 0.401 e. The first-order chi connectivity index (χ1) is 9.48. The highest BCUT2D eigenvalue weighted by atomic mass is 32.1. The van der Waals surface area contributed by atoms with Gasteiger partial charge in [-0.3, -0.25) is 4.90 Å². The number of thiazole rings is 1. The molecule has 1 aromatic heterocycles. The molecule has 0 spiro atoms. The SMILES string of the molecule is OCCCN(Cc1cnc(C2CCC2)s1)CC(F)(F)F. The molecular formula is C13H19F3N2OS. The van der Waals surface area contributed by atoms with Crippen molar-refractivity contribution in [3.8, 4) is 0 Å². The van der Waals surface area contributed by atoms with Gasteiger partial charge in [0.25, 0.3) is 0 Å². The first kappa shape index (κ1) is 15.7. The molecule has 0 unspecified atom stereocenters. The second kappa shape index (κ2) is 6.87. The summed E-state index contributed by atoms with van der Waals surface area (Å²) in [4.78, 5) is 6.53. The highest BCUT2D eigenvalue weighted by Gasteiger charge is 2.31. The summed E-state index contributed by atoms with van der Waals surface area (Å²) >= 11 is 1.52. The molecule has 2 rings (SSSR count). The van der Waals surface area contributed by atoms with Gasteiger partial charge in [-0.25, -0.2) is 4.98 Å².